The summed E-state index contributed by atoms with van der Waals surface area (Å²) in [5.41, 5.74) is 11.4. The largest absolute Gasteiger partial charge is 0.404 e. The number of rotatable bonds is 2. The highest BCUT2D eigenvalue weighted by Gasteiger charge is 1.80. The van der Waals surface area contributed by atoms with E-state index in [4.69, 9.17) is 11.5 Å². The standard InChI is InChI=1S/C6H12N2/c1-2-3-6(4-7)5-8/h2-4H,5,7-8H2,1H3/b3-2-,6-4+. The van der Waals surface area contributed by atoms with Gasteiger partial charge in [0.05, 0.1) is 0 Å². The van der Waals surface area contributed by atoms with Gasteiger partial charge in [0.2, 0.25) is 0 Å². The third-order valence-corrected chi connectivity index (χ3v) is 0.831. The summed E-state index contributed by atoms with van der Waals surface area (Å²) >= 11 is 0. The minimum absolute atomic E-state index is 0.515. The summed E-state index contributed by atoms with van der Waals surface area (Å²) in [6.45, 7) is 2.44. The molecule has 0 aromatic rings. The Kier molecular flexibility index (Phi) is 3.98. The fourth-order valence-electron chi connectivity index (χ4n) is 0.406. The lowest BCUT2D eigenvalue weighted by atomic mass is 10.3. The van der Waals surface area contributed by atoms with Crippen LogP contribution in [0.4, 0.5) is 0 Å². The van der Waals surface area contributed by atoms with Crippen molar-refractivity contribution in [3.63, 3.8) is 0 Å². The monoisotopic (exact) mass is 112 g/mol. The van der Waals surface area contributed by atoms with Crippen LogP contribution in [0.1, 0.15) is 6.92 Å². The molecule has 4 N–H and O–H groups in total. The number of hydrogen-bond acceptors (Lipinski definition) is 2. The van der Waals surface area contributed by atoms with Gasteiger partial charge >= 0.3 is 0 Å². The molecule has 0 aromatic carbocycles. The molecular weight excluding hydrogens is 100 g/mol. The van der Waals surface area contributed by atoms with Gasteiger partial charge in [0.15, 0.2) is 0 Å². The Hall–Kier alpha value is -0.760. The SMILES string of the molecule is C/C=C\C(=C/N)CN. The Morgan fingerprint density at radius 1 is 1.62 bits per heavy atom. The Bertz CT molecular complexity index is 100. The van der Waals surface area contributed by atoms with E-state index in [-0.39, 0.29) is 0 Å². The maximum atomic E-state index is 5.27. The second-order valence-corrected chi connectivity index (χ2v) is 1.45. The predicted molar refractivity (Wildman–Crippen MR) is 36.1 cm³/mol. The molecular formula is C6H12N2. The van der Waals surface area contributed by atoms with Gasteiger partial charge in [-0.3, -0.25) is 0 Å². The second-order valence-electron chi connectivity index (χ2n) is 1.45. The van der Waals surface area contributed by atoms with Crippen LogP contribution in [0.15, 0.2) is 23.9 Å². The molecule has 2 heteroatoms. The van der Waals surface area contributed by atoms with Crippen LogP contribution in [0.3, 0.4) is 0 Å². The smallest absolute Gasteiger partial charge is 0.0192 e. The Labute approximate surface area is 49.9 Å². The molecule has 0 aromatic heterocycles. The van der Waals surface area contributed by atoms with Crippen LogP contribution in [0.25, 0.3) is 0 Å². The number of nitrogens with two attached hydrogens (primary N) is 2. The summed E-state index contributed by atoms with van der Waals surface area (Å²) in [7, 11) is 0. The lowest BCUT2D eigenvalue weighted by molar-refractivity contribution is 1.17. The third-order valence-electron chi connectivity index (χ3n) is 0.831. The molecule has 2 nitrogen and oxygen atoms in total. The lowest BCUT2D eigenvalue weighted by Gasteiger charge is -1.90. The molecule has 0 saturated heterocycles. The van der Waals surface area contributed by atoms with Crippen molar-refractivity contribution < 1.29 is 0 Å². The van der Waals surface area contributed by atoms with Crippen LogP contribution in [0, 0.1) is 0 Å². The van der Waals surface area contributed by atoms with Crippen molar-refractivity contribution in [2.75, 3.05) is 6.54 Å². The van der Waals surface area contributed by atoms with Crippen molar-refractivity contribution in [1.29, 1.82) is 0 Å². The summed E-state index contributed by atoms with van der Waals surface area (Å²) in [6, 6.07) is 0. The zero-order valence-corrected chi connectivity index (χ0v) is 5.09. The quantitative estimate of drug-likeness (QED) is 0.507. The molecule has 0 unspecified atom stereocenters. The Balaban J connectivity index is 3.72. The topological polar surface area (TPSA) is 52.0 Å². The molecule has 0 spiro atoms. The molecule has 0 aliphatic carbocycles. The first kappa shape index (κ1) is 7.24. The van der Waals surface area contributed by atoms with Gasteiger partial charge in [0, 0.05) is 6.54 Å². The molecule has 0 atom stereocenters. The van der Waals surface area contributed by atoms with Gasteiger partial charge in [-0.1, -0.05) is 12.2 Å². The minimum atomic E-state index is 0.515. The normalized spacial score (nSPS) is 13.0. The van der Waals surface area contributed by atoms with Gasteiger partial charge in [-0.2, -0.15) is 0 Å². The minimum Gasteiger partial charge on any atom is -0.404 e. The van der Waals surface area contributed by atoms with Gasteiger partial charge in [0.1, 0.15) is 0 Å². The van der Waals surface area contributed by atoms with Crippen molar-refractivity contribution in [1.82, 2.24) is 0 Å². The molecule has 0 rings (SSSR count). The van der Waals surface area contributed by atoms with Gasteiger partial charge < -0.3 is 11.5 Å². The molecule has 0 aliphatic heterocycles. The first-order valence-electron chi connectivity index (χ1n) is 2.58. The predicted octanol–water partition coefficient (Wildman–Crippen LogP) is 0.364. The molecule has 0 aliphatic rings. The van der Waals surface area contributed by atoms with Crippen LogP contribution in [0.2, 0.25) is 0 Å². The molecule has 0 heterocycles. The fourth-order valence-corrected chi connectivity index (χ4v) is 0.406. The van der Waals surface area contributed by atoms with Crippen LogP contribution in [0.5, 0.6) is 0 Å². The summed E-state index contributed by atoms with van der Waals surface area (Å²) in [5.74, 6) is 0. The fraction of sp³-hybridized carbons (Fsp3) is 0.333. The number of hydrogen-bond donors (Lipinski definition) is 2. The highest BCUT2D eigenvalue weighted by Crippen LogP contribution is 1.88. The first-order chi connectivity index (χ1) is 3.85. The molecule has 0 fully saturated rings. The van der Waals surface area contributed by atoms with E-state index < -0.39 is 0 Å². The highest BCUT2D eigenvalue weighted by molar-refractivity contribution is 5.17. The van der Waals surface area contributed by atoms with Crippen LogP contribution >= 0.6 is 0 Å². The Morgan fingerprint density at radius 2 is 2.25 bits per heavy atom. The van der Waals surface area contributed by atoms with Gasteiger partial charge in [0.25, 0.3) is 0 Å². The highest BCUT2D eigenvalue weighted by atomic mass is 14.6. The van der Waals surface area contributed by atoms with Crippen LogP contribution < -0.4 is 11.5 Å². The van der Waals surface area contributed by atoms with Crippen molar-refractivity contribution in [3.05, 3.63) is 23.9 Å². The van der Waals surface area contributed by atoms with Gasteiger partial charge in [-0.15, -0.1) is 0 Å². The summed E-state index contributed by atoms with van der Waals surface area (Å²) < 4.78 is 0. The van der Waals surface area contributed by atoms with Gasteiger partial charge in [-0.25, -0.2) is 0 Å². The van der Waals surface area contributed by atoms with Crippen molar-refractivity contribution in [3.8, 4) is 0 Å². The van der Waals surface area contributed by atoms with E-state index in [0.717, 1.165) is 5.57 Å². The average Bonchev–Trinajstić information content (AvgIpc) is 1.83. The van der Waals surface area contributed by atoms with E-state index in [9.17, 15) is 0 Å². The summed E-state index contributed by atoms with van der Waals surface area (Å²) in [5, 5.41) is 0. The molecule has 8 heavy (non-hydrogen) atoms. The third kappa shape index (κ3) is 2.42. The van der Waals surface area contributed by atoms with Crippen molar-refractivity contribution >= 4 is 0 Å². The van der Waals surface area contributed by atoms with E-state index in [2.05, 4.69) is 0 Å². The van der Waals surface area contributed by atoms with E-state index in [1.807, 2.05) is 19.1 Å². The van der Waals surface area contributed by atoms with Crippen LogP contribution in [-0.2, 0) is 0 Å². The molecule has 46 valence electrons. The van der Waals surface area contributed by atoms with Gasteiger partial charge in [-0.05, 0) is 18.7 Å². The Morgan fingerprint density at radius 3 is 2.38 bits per heavy atom. The van der Waals surface area contributed by atoms with E-state index in [0.29, 0.717) is 6.54 Å². The summed E-state index contributed by atoms with van der Waals surface area (Å²) in [4.78, 5) is 0. The maximum Gasteiger partial charge on any atom is 0.0192 e. The average molecular weight is 112 g/mol. The molecule has 0 amide bonds. The van der Waals surface area contributed by atoms with Crippen molar-refractivity contribution in [2.45, 2.75) is 6.92 Å². The van der Waals surface area contributed by atoms with E-state index in [1.165, 1.54) is 6.20 Å². The second kappa shape index (κ2) is 4.40. The molecule has 0 saturated carbocycles. The van der Waals surface area contributed by atoms with E-state index in [1.54, 1.807) is 0 Å². The molecule has 0 radical (unpaired) electrons. The maximum absolute atomic E-state index is 5.27. The van der Waals surface area contributed by atoms with Crippen LogP contribution in [-0.4, -0.2) is 6.54 Å². The zero-order chi connectivity index (χ0) is 6.41. The number of allylic oxidation sites excluding steroid dienone is 1. The summed E-state index contributed by atoms with van der Waals surface area (Å²) in [6.07, 6.45) is 5.31. The zero-order valence-electron chi connectivity index (χ0n) is 5.09. The molecule has 0 bridgehead atoms. The van der Waals surface area contributed by atoms with Crippen molar-refractivity contribution in [2.24, 2.45) is 11.5 Å². The van der Waals surface area contributed by atoms with E-state index >= 15 is 0 Å². The first-order valence-corrected chi connectivity index (χ1v) is 2.58. The lowest BCUT2D eigenvalue weighted by Crippen LogP contribution is -2.02.